The number of aliphatic hydroxyl groups is 1. The maximum absolute atomic E-state index is 11.7. The molecule has 1 amide bonds. The summed E-state index contributed by atoms with van der Waals surface area (Å²) in [5.74, 6) is -0.0373. The lowest BCUT2D eigenvalue weighted by Gasteiger charge is -2.26. The number of fused-ring (bicyclic) bond motifs is 1. The zero-order valence-corrected chi connectivity index (χ0v) is 16.5. The molecule has 0 aliphatic carbocycles. The second-order valence-electron chi connectivity index (χ2n) is 6.66. The number of hydrogen-bond acceptors (Lipinski definition) is 5. The maximum Gasteiger partial charge on any atom is 0.427 e. The second kappa shape index (κ2) is 9.21. The van der Waals surface area contributed by atoms with Gasteiger partial charge in [0, 0.05) is 0 Å². The molecule has 6 nitrogen and oxygen atoms in total. The molecule has 6 heteroatoms. The lowest BCUT2D eigenvalue weighted by Crippen LogP contribution is -2.36. The molecule has 0 aliphatic heterocycles. The highest BCUT2D eigenvalue weighted by Crippen LogP contribution is 2.27. The molecule has 1 unspecified atom stereocenters. The third-order valence-corrected chi connectivity index (χ3v) is 4.47. The third-order valence-electron chi connectivity index (χ3n) is 4.47. The van der Waals surface area contributed by atoms with E-state index in [1.807, 2.05) is 72.8 Å². The molecule has 2 N–H and O–H groups in total. The molecular formula is C23H24N2O4. The summed E-state index contributed by atoms with van der Waals surface area (Å²) >= 11 is 0. The van der Waals surface area contributed by atoms with Crippen LogP contribution in [-0.4, -0.2) is 23.7 Å². The Morgan fingerprint density at radius 1 is 1.00 bits per heavy atom. The van der Waals surface area contributed by atoms with Crippen molar-refractivity contribution in [3.8, 4) is 0 Å². The standard InChI is InChI=1S/C23H24N2O4/c1-3-28-22(26)25-24-21(29-16-17-9-5-4-6-10-17)23(2,27)20-14-13-18-11-7-8-12-19(18)15-20/h4-15,27H,3,16H2,1-2H3,(H,25,26)/b24-21+. The van der Waals surface area contributed by atoms with Crippen LogP contribution in [0, 0.1) is 0 Å². The number of nitrogens with one attached hydrogen (secondary N) is 1. The summed E-state index contributed by atoms with van der Waals surface area (Å²) in [5, 5.41) is 17.3. The number of benzene rings is 3. The molecule has 0 radical (unpaired) electrons. The lowest BCUT2D eigenvalue weighted by atomic mass is 9.93. The lowest BCUT2D eigenvalue weighted by molar-refractivity contribution is 0.0898. The van der Waals surface area contributed by atoms with Crippen LogP contribution < -0.4 is 5.43 Å². The number of amides is 1. The van der Waals surface area contributed by atoms with Crippen molar-refractivity contribution in [3.63, 3.8) is 0 Å². The van der Waals surface area contributed by atoms with Crippen molar-refractivity contribution >= 4 is 22.8 Å². The van der Waals surface area contributed by atoms with Gasteiger partial charge in [-0.15, -0.1) is 5.10 Å². The number of carbonyl (C=O) groups excluding carboxylic acids is 1. The van der Waals surface area contributed by atoms with Crippen LogP contribution in [0.25, 0.3) is 10.8 Å². The van der Waals surface area contributed by atoms with Gasteiger partial charge in [0.2, 0.25) is 5.90 Å². The molecule has 0 aromatic heterocycles. The number of hydrazone groups is 1. The van der Waals surface area contributed by atoms with Crippen LogP contribution in [0.15, 0.2) is 77.9 Å². The van der Waals surface area contributed by atoms with Crippen LogP contribution in [0.3, 0.4) is 0 Å². The summed E-state index contributed by atoms with van der Waals surface area (Å²) in [6.45, 7) is 3.67. The summed E-state index contributed by atoms with van der Waals surface area (Å²) in [6, 6.07) is 23.0. The first-order chi connectivity index (χ1) is 14.0. The molecule has 3 aromatic rings. The van der Waals surface area contributed by atoms with Crippen molar-refractivity contribution < 1.29 is 19.4 Å². The van der Waals surface area contributed by atoms with E-state index in [4.69, 9.17) is 9.47 Å². The Labute approximate surface area is 169 Å². The topological polar surface area (TPSA) is 80.2 Å². The van der Waals surface area contributed by atoms with Crippen LogP contribution in [-0.2, 0) is 21.7 Å². The first-order valence-corrected chi connectivity index (χ1v) is 9.40. The molecule has 0 spiro atoms. The minimum absolute atomic E-state index is 0.0373. The average Bonchev–Trinajstić information content (AvgIpc) is 2.74. The predicted octanol–water partition coefficient (Wildman–Crippen LogP) is 4.32. The smallest absolute Gasteiger partial charge is 0.427 e. The summed E-state index contributed by atoms with van der Waals surface area (Å²) in [4.78, 5) is 11.7. The fraction of sp³-hybridized carbons (Fsp3) is 0.217. The van der Waals surface area contributed by atoms with Gasteiger partial charge in [-0.25, -0.2) is 10.2 Å². The Kier molecular flexibility index (Phi) is 6.46. The van der Waals surface area contributed by atoms with E-state index in [9.17, 15) is 9.90 Å². The summed E-state index contributed by atoms with van der Waals surface area (Å²) < 4.78 is 10.7. The van der Waals surface area contributed by atoms with Gasteiger partial charge in [0.05, 0.1) is 6.61 Å². The van der Waals surface area contributed by atoms with E-state index in [0.29, 0.717) is 5.56 Å². The van der Waals surface area contributed by atoms with Crippen molar-refractivity contribution in [2.45, 2.75) is 26.1 Å². The highest BCUT2D eigenvalue weighted by atomic mass is 16.6. The van der Waals surface area contributed by atoms with Crippen LogP contribution >= 0.6 is 0 Å². The number of ether oxygens (including phenoxy) is 2. The number of hydrogen-bond donors (Lipinski definition) is 2. The van der Waals surface area contributed by atoms with E-state index in [1.165, 1.54) is 0 Å². The molecule has 1 atom stereocenters. The van der Waals surface area contributed by atoms with E-state index in [2.05, 4.69) is 10.5 Å². The zero-order valence-electron chi connectivity index (χ0n) is 16.5. The largest absolute Gasteiger partial charge is 0.473 e. The van der Waals surface area contributed by atoms with Gasteiger partial charge in [0.15, 0.2) is 5.60 Å². The summed E-state index contributed by atoms with van der Waals surface area (Å²) in [6.07, 6.45) is -0.720. The van der Waals surface area contributed by atoms with Crippen molar-refractivity contribution in [3.05, 3.63) is 83.9 Å². The van der Waals surface area contributed by atoms with Gasteiger partial charge in [0.25, 0.3) is 0 Å². The fourth-order valence-electron chi connectivity index (χ4n) is 2.88. The van der Waals surface area contributed by atoms with E-state index in [0.717, 1.165) is 16.3 Å². The van der Waals surface area contributed by atoms with E-state index >= 15 is 0 Å². The first-order valence-electron chi connectivity index (χ1n) is 9.40. The molecule has 0 saturated heterocycles. The monoisotopic (exact) mass is 392 g/mol. The molecule has 150 valence electrons. The van der Waals surface area contributed by atoms with Crippen molar-refractivity contribution in [1.82, 2.24) is 5.43 Å². The van der Waals surface area contributed by atoms with Crippen molar-refractivity contribution in [2.24, 2.45) is 5.10 Å². The highest BCUT2D eigenvalue weighted by Gasteiger charge is 2.33. The van der Waals surface area contributed by atoms with Crippen molar-refractivity contribution in [2.75, 3.05) is 6.61 Å². The first kappa shape index (κ1) is 20.4. The predicted molar refractivity (Wildman–Crippen MR) is 112 cm³/mol. The van der Waals surface area contributed by atoms with Gasteiger partial charge in [-0.05, 0) is 41.8 Å². The molecule has 0 saturated carbocycles. The van der Waals surface area contributed by atoms with Crippen molar-refractivity contribution in [1.29, 1.82) is 0 Å². The molecule has 3 aromatic carbocycles. The molecule has 3 rings (SSSR count). The van der Waals surface area contributed by atoms with Gasteiger partial charge >= 0.3 is 6.09 Å². The molecule has 0 bridgehead atoms. The Balaban J connectivity index is 1.90. The highest BCUT2D eigenvalue weighted by molar-refractivity contribution is 5.90. The Hall–Kier alpha value is -3.38. The Morgan fingerprint density at radius 3 is 2.41 bits per heavy atom. The molecule has 0 aliphatic rings. The van der Waals surface area contributed by atoms with Gasteiger partial charge in [-0.1, -0.05) is 66.7 Å². The normalized spacial score (nSPS) is 13.6. The van der Waals surface area contributed by atoms with Crippen LogP contribution in [0.5, 0.6) is 0 Å². The minimum atomic E-state index is -1.57. The van der Waals surface area contributed by atoms with Gasteiger partial charge in [-0.3, -0.25) is 0 Å². The molecule has 0 fully saturated rings. The van der Waals surface area contributed by atoms with E-state index in [-0.39, 0.29) is 19.1 Å². The second-order valence-corrected chi connectivity index (χ2v) is 6.66. The maximum atomic E-state index is 11.7. The Morgan fingerprint density at radius 2 is 1.69 bits per heavy atom. The van der Waals surface area contributed by atoms with E-state index in [1.54, 1.807) is 13.8 Å². The molecule has 0 heterocycles. The summed E-state index contributed by atoms with van der Waals surface area (Å²) in [7, 11) is 0. The SMILES string of the molecule is CCOC(=O)N/N=C(/OCc1ccccc1)C(C)(O)c1ccc2ccccc2c1. The van der Waals surface area contributed by atoms with Gasteiger partial charge in [-0.2, -0.15) is 0 Å². The van der Waals surface area contributed by atoms with Crippen LogP contribution in [0.4, 0.5) is 4.79 Å². The Bertz CT molecular complexity index is 1000. The number of carbonyl (C=O) groups is 1. The summed E-state index contributed by atoms with van der Waals surface area (Å²) in [5.41, 5.74) is 2.20. The van der Waals surface area contributed by atoms with Crippen LogP contribution in [0.2, 0.25) is 0 Å². The molecular weight excluding hydrogens is 368 g/mol. The third kappa shape index (κ3) is 5.12. The number of rotatable bonds is 6. The fourth-order valence-corrected chi connectivity index (χ4v) is 2.88. The molecule has 29 heavy (non-hydrogen) atoms. The zero-order chi connectivity index (χ0) is 20.7. The van der Waals surface area contributed by atoms with Crippen LogP contribution in [0.1, 0.15) is 25.0 Å². The van der Waals surface area contributed by atoms with E-state index < -0.39 is 11.7 Å². The number of nitrogens with zero attached hydrogens (tertiary/aromatic N) is 1. The quantitative estimate of drug-likeness (QED) is 0.372. The van der Waals surface area contributed by atoms with Gasteiger partial charge in [0.1, 0.15) is 6.61 Å². The van der Waals surface area contributed by atoms with Gasteiger partial charge < -0.3 is 14.6 Å². The minimum Gasteiger partial charge on any atom is -0.473 e. The average molecular weight is 392 g/mol.